The van der Waals surface area contributed by atoms with Crippen LogP contribution in [0, 0.1) is 5.82 Å². The molecule has 4 N–H and O–H groups in total. The number of carbonyl (C=O) groups excluding carboxylic acids is 1. The topological polar surface area (TPSA) is 87.6 Å². The van der Waals surface area contributed by atoms with Gasteiger partial charge in [-0.15, -0.1) is 0 Å². The molecule has 0 aliphatic carbocycles. The quantitative estimate of drug-likeness (QED) is 0.872. The predicted molar refractivity (Wildman–Crippen MR) is 67.3 cm³/mol. The molecule has 1 aromatic carbocycles. The van der Waals surface area contributed by atoms with Gasteiger partial charge in [0.15, 0.2) is 0 Å². The molecule has 1 unspecified atom stereocenters. The lowest BCUT2D eigenvalue weighted by atomic mass is 9.98. The fourth-order valence-corrected chi connectivity index (χ4v) is 2.26. The molecule has 0 fully saturated rings. The fraction of sp³-hybridized carbons (Fsp3) is 0.462. The normalized spacial score (nSPS) is 22.5. The van der Waals surface area contributed by atoms with E-state index < -0.39 is 11.7 Å². The number of hydrogen-bond donors (Lipinski definition) is 2. The van der Waals surface area contributed by atoms with E-state index in [0.717, 1.165) is 5.56 Å². The van der Waals surface area contributed by atoms with Crippen LogP contribution in [0.25, 0.3) is 0 Å². The van der Waals surface area contributed by atoms with Gasteiger partial charge in [0.2, 0.25) is 0 Å². The smallest absolute Gasteiger partial charge is 0.404 e. The third-order valence-corrected chi connectivity index (χ3v) is 3.08. The van der Waals surface area contributed by atoms with Crippen LogP contribution in [0.3, 0.4) is 0 Å². The van der Waals surface area contributed by atoms with Gasteiger partial charge in [-0.3, -0.25) is 0 Å². The molecule has 2 rings (SSSR count). The fourth-order valence-electron chi connectivity index (χ4n) is 2.26. The standard InChI is InChI=1S/C13H17FN2O3/c1-7(15)10-4-9(14)3-8-5-13(2,19-11(8)10)6-18-12(16)17/h3-4,7H,5-6,15H2,1-2H3,(H2,16,17)/t7?,13-/m1/s1. The van der Waals surface area contributed by atoms with Gasteiger partial charge in [0, 0.05) is 23.6 Å². The first-order valence-electron chi connectivity index (χ1n) is 6.00. The molecule has 5 nitrogen and oxygen atoms in total. The van der Waals surface area contributed by atoms with Crippen LogP contribution in [-0.4, -0.2) is 18.3 Å². The van der Waals surface area contributed by atoms with Crippen molar-refractivity contribution < 1.29 is 18.7 Å². The van der Waals surface area contributed by atoms with E-state index >= 15 is 0 Å². The molecule has 19 heavy (non-hydrogen) atoms. The van der Waals surface area contributed by atoms with Gasteiger partial charge in [0.1, 0.15) is 23.8 Å². The van der Waals surface area contributed by atoms with Gasteiger partial charge in [-0.25, -0.2) is 9.18 Å². The molecule has 0 aromatic heterocycles. The first-order valence-corrected chi connectivity index (χ1v) is 6.00. The number of hydrogen-bond acceptors (Lipinski definition) is 4. The molecule has 2 atom stereocenters. The molecule has 1 amide bonds. The molecule has 1 aliphatic rings. The number of halogens is 1. The second-order valence-corrected chi connectivity index (χ2v) is 5.11. The van der Waals surface area contributed by atoms with Crippen molar-refractivity contribution in [3.05, 3.63) is 29.1 Å². The van der Waals surface area contributed by atoms with Crippen LogP contribution in [0.2, 0.25) is 0 Å². The Bertz CT molecular complexity index is 519. The first kappa shape index (κ1) is 13.6. The number of amides is 1. The third kappa shape index (κ3) is 2.78. The van der Waals surface area contributed by atoms with Crippen LogP contribution in [0.15, 0.2) is 12.1 Å². The van der Waals surface area contributed by atoms with E-state index in [9.17, 15) is 9.18 Å². The SMILES string of the molecule is CC(N)c1cc(F)cc2c1O[C@@](C)(COC(N)=O)C2. The lowest BCUT2D eigenvalue weighted by Crippen LogP contribution is -2.38. The summed E-state index contributed by atoms with van der Waals surface area (Å²) in [5.41, 5.74) is 11.3. The molecular weight excluding hydrogens is 251 g/mol. The average molecular weight is 268 g/mol. The Hall–Kier alpha value is -1.82. The van der Waals surface area contributed by atoms with Gasteiger partial charge >= 0.3 is 6.09 Å². The van der Waals surface area contributed by atoms with Gasteiger partial charge < -0.3 is 20.9 Å². The number of fused-ring (bicyclic) bond motifs is 1. The van der Waals surface area contributed by atoms with Gasteiger partial charge in [-0.05, 0) is 26.0 Å². The lowest BCUT2D eigenvalue weighted by Gasteiger charge is -2.23. The molecule has 1 aliphatic heterocycles. The van der Waals surface area contributed by atoms with Crippen molar-refractivity contribution in [3.63, 3.8) is 0 Å². The summed E-state index contributed by atoms with van der Waals surface area (Å²) in [6, 6.07) is 2.44. The Morgan fingerprint density at radius 2 is 2.32 bits per heavy atom. The van der Waals surface area contributed by atoms with Crippen LogP contribution < -0.4 is 16.2 Å². The molecule has 0 spiro atoms. The minimum absolute atomic E-state index is 0.0109. The maximum atomic E-state index is 13.5. The largest absolute Gasteiger partial charge is 0.483 e. The van der Waals surface area contributed by atoms with Crippen molar-refractivity contribution in [3.8, 4) is 5.75 Å². The summed E-state index contributed by atoms with van der Waals surface area (Å²) in [5.74, 6) is 0.224. The molecule has 104 valence electrons. The number of ether oxygens (including phenoxy) is 2. The summed E-state index contributed by atoms with van der Waals surface area (Å²) >= 11 is 0. The van der Waals surface area contributed by atoms with Crippen molar-refractivity contribution in [2.24, 2.45) is 11.5 Å². The molecular formula is C13H17FN2O3. The van der Waals surface area contributed by atoms with Crippen LogP contribution in [0.5, 0.6) is 5.75 Å². The minimum atomic E-state index is -0.862. The maximum absolute atomic E-state index is 13.5. The molecule has 0 saturated carbocycles. The van der Waals surface area contributed by atoms with Crippen LogP contribution >= 0.6 is 0 Å². The van der Waals surface area contributed by atoms with Crippen molar-refractivity contribution in [2.75, 3.05) is 6.61 Å². The number of carbonyl (C=O) groups is 1. The second-order valence-electron chi connectivity index (χ2n) is 5.11. The van der Waals surface area contributed by atoms with Gasteiger partial charge in [-0.1, -0.05) is 0 Å². The highest BCUT2D eigenvalue weighted by atomic mass is 19.1. The van der Waals surface area contributed by atoms with E-state index in [1.165, 1.54) is 12.1 Å². The Morgan fingerprint density at radius 3 is 2.89 bits per heavy atom. The zero-order chi connectivity index (χ0) is 14.2. The second kappa shape index (κ2) is 4.70. The van der Waals surface area contributed by atoms with Crippen LogP contribution in [-0.2, 0) is 11.2 Å². The van der Waals surface area contributed by atoms with Crippen molar-refractivity contribution in [2.45, 2.75) is 31.9 Å². The monoisotopic (exact) mass is 268 g/mol. The maximum Gasteiger partial charge on any atom is 0.404 e. The first-order chi connectivity index (χ1) is 8.81. The summed E-state index contributed by atoms with van der Waals surface area (Å²) in [6.45, 7) is 3.55. The van der Waals surface area contributed by atoms with Gasteiger partial charge in [0.25, 0.3) is 0 Å². The van der Waals surface area contributed by atoms with E-state index in [4.69, 9.17) is 20.9 Å². The summed E-state index contributed by atoms with van der Waals surface area (Å²) in [5, 5.41) is 0. The summed E-state index contributed by atoms with van der Waals surface area (Å²) in [7, 11) is 0. The minimum Gasteiger partial charge on any atom is -0.483 e. The highest BCUT2D eigenvalue weighted by Crippen LogP contribution is 2.40. The summed E-state index contributed by atoms with van der Waals surface area (Å²) in [4.78, 5) is 10.7. The Labute approximate surface area is 110 Å². The van der Waals surface area contributed by atoms with Crippen molar-refractivity contribution in [1.82, 2.24) is 0 Å². The Balaban J connectivity index is 2.28. The number of benzene rings is 1. The van der Waals surface area contributed by atoms with Crippen LogP contribution in [0.4, 0.5) is 9.18 Å². The highest BCUT2D eigenvalue weighted by Gasteiger charge is 2.38. The zero-order valence-corrected chi connectivity index (χ0v) is 10.9. The van der Waals surface area contributed by atoms with E-state index in [2.05, 4.69) is 0 Å². The molecule has 0 bridgehead atoms. The van der Waals surface area contributed by atoms with E-state index in [1.54, 1.807) is 13.8 Å². The molecule has 1 heterocycles. The Kier molecular flexibility index (Phi) is 3.36. The lowest BCUT2D eigenvalue weighted by molar-refractivity contribution is 0.0314. The summed E-state index contributed by atoms with van der Waals surface area (Å²) in [6.07, 6.45) is -0.424. The number of rotatable bonds is 3. The van der Waals surface area contributed by atoms with E-state index in [-0.39, 0.29) is 18.5 Å². The number of nitrogens with two attached hydrogens (primary N) is 2. The van der Waals surface area contributed by atoms with Gasteiger partial charge in [0.05, 0.1) is 0 Å². The van der Waals surface area contributed by atoms with Crippen molar-refractivity contribution in [1.29, 1.82) is 0 Å². The van der Waals surface area contributed by atoms with Crippen LogP contribution in [0.1, 0.15) is 31.0 Å². The predicted octanol–water partition coefficient (Wildman–Crippen LogP) is 1.63. The third-order valence-electron chi connectivity index (χ3n) is 3.08. The molecule has 0 radical (unpaired) electrons. The van der Waals surface area contributed by atoms with Gasteiger partial charge in [-0.2, -0.15) is 0 Å². The molecule has 6 heteroatoms. The highest BCUT2D eigenvalue weighted by molar-refractivity contribution is 5.64. The molecule has 0 saturated heterocycles. The molecule has 1 aromatic rings. The van der Waals surface area contributed by atoms with E-state index in [0.29, 0.717) is 17.7 Å². The van der Waals surface area contributed by atoms with E-state index in [1.807, 2.05) is 0 Å². The number of primary amides is 1. The van der Waals surface area contributed by atoms with Crippen molar-refractivity contribution >= 4 is 6.09 Å². The summed E-state index contributed by atoms with van der Waals surface area (Å²) < 4.78 is 24.1. The Morgan fingerprint density at radius 1 is 1.63 bits per heavy atom. The zero-order valence-electron chi connectivity index (χ0n) is 10.9. The average Bonchev–Trinajstić information content (AvgIpc) is 2.62.